The van der Waals surface area contributed by atoms with Crippen LogP contribution in [0, 0.1) is 11.3 Å². The number of nitrogens with zero attached hydrogens (tertiary/aromatic N) is 4. The third-order valence-electron chi connectivity index (χ3n) is 1.77. The molecule has 60 valence electrons. The number of fused-ring (bicyclic) bond motifs is 1. The Morgan fingerprint density at radius 2 is 2.15 bits per heavy atom. The van der Waals surface area contributed by atoms with Crippen molar-refractivity contribution in [3.63, 3.8) is 0 Å². The number of hydrogen-bond donors (Lipinski definition) is 1. The summed E-state index contributed by atoms with van der Waals surface area (Å²) in [7, 11) is 0. The number of nitriles is 1. The highest BCUT2D eigenvalue weighted by molar-refractivity contribution is 6.14. The van der Waals surface area contributed by atoms with Gasteiger partial charge in [0.15, 0.2) is 0 Å². The molecule has 0 fully saturated rings. The summed E-state index contributed by atoms with van der Waals surface area (Å²) in [6.45, 7) is 0. The van der Waals surface area contributed by atoms with Crippen LogP contribution >= 0.6 is 0 Å². The molecule has 0 saturated heterocycles. The van der Waals surface area contributed by atoms with Crippen molar-refractivity contribution < 1.29 is 0 Å². The molecule has 13 heavy (non-hydrogen) atoms. The molecule has 0 saturated carbocycles. The van der Waals surface area contributed by atoms with Crippen LogP contribution in [0.25, 0.3) is 11.2 Å². The van der Waals surface area contributed by atoms with Crippen molar-refractivity contribution in [2.45, 2.75) is 0 Å². The molecule has 0 atom stereocenters. The van der Waals surface area contributed by atoms with Gasteiger partial charge in [-0.1, -0.05) is 0 Å². The van der Waals surface area contributed by atoms with E-state index in [9.17, 15) is 0 Å². The third-order valence-corrected chi connectivity index (χ3v) is 2.29. The van der Waals surface area contributed by atoms with Gasteiger partial charge >= 0.3 is 16.5 Å². The van der Waals surface area contributed by atoms with Crippen molar-refractivity contribution in [2.24, 2.45) is 0 Å². The van der Waals surface area contributed by atoms with Crippen LogP contribution in [0.5, 0.6) is 0 Å². The van der Waals surface area contributed by atoms with E-state index in [1.165, 1.54) is 6.20 Å². The molecule has 2 rings (SSSR count). The van der Waals surface area contributed by atoms with E-state index in [2.05, 4.69) is 26.5 Å². The maximum Gasteiger partial charge on any atom is 0.323 e. The average Bonchev–Trinajstić information content (AvgIpc) is 2.41. The first-order valence-corrected chi connectivity index (χ1v) is 4.03. The molecule has 6 heteroatoms. The van der Waals surface area contributed by atoms with E-state index in [0.29, 0.717) is 22.5 Å². The lowest BCUT2D eigenvalue weighted by Gasteiger charge is -1.96. The summed E-state index contributed by atoms with van der Waals surface area (Å²) >= 11 is 2.39. The fourth-order valence-electron chi connectivity index (χ4n) is 1.15. The van der Waals surface area contributed by atoms with Crippen molar-refractivity contribution in [3.05, 3.63) is 18.0 Å². The van der Waals surface area contributed by atoms with Crippen LogP contribution in [-0.2, 0) is 0 Å². The second-order valence-corrected chi connectivity index (χ2v) is 2.99. The summed E-state index contributed by atoms with van der Waals surface area (Å²) in [4.78, 5) is 8.09. The maximum atomic E-state index is 8.81. The van der Waals surface area contributed by atoms with Gasteiger partial charge in [-0.2, -0.15) is 5.26 Å². The van der Waals surface area contributed by atoms with Gasteiger partial charge < -0.3 is 9.28 Å². The van der Waals surface area contributed by atoms with E-state index < -0.39 is 0 Å². The van der Waals surface area contributed by atoms with E-state index in [4.69, 9.17) is 11.0 Å². The van der Waals surface area contributed by atoms with Crippen molar-refractivity contribution in [1.82, 2.24) is 13.5 Å². The Morgan fingerprint density at radius 3 is 2.85 bits per heavy atom. The highest BCUT2D eigenvalue weighted by Gasteiger charge is 2.12. The molecule has 0 aliphatic heterocycles. The van der Waals surface area contributed by atoms with Crippen molar-refractivity contribution in [3.8, 4) is 6.07 Å². The zero-order valence-corrected chi connectivity index (χ0v) is 7.75. The summed E-state index contributed by atoms with van der Waals surface area (Å²) in [6, 6.07) is 2.00. The van der Waals surface area contributed by atoms with Gasteiger partial charge in [0.2, 0.25) is 0 Å². The molecule has 0 bridgehead atoms. The molecule has 2 heterocycles. The topological polar surface area (TPSA) is 80.5 Å². The molecule has 5 nitrogen and oxygen atoms in total. The fourth-order valence-corrected chi connectivity index (χ4v) is 1.47. The Morgan fingerprint density at radius 1 is 1.46 bits per heavy atom. The molecule has 0 amide bonds. The minimum Gasteiger partial charge on any atom is -0.423 e. The van der Waals surface area contributed by atoms with Crippen LogP contribution in [0.1, 0.15) is 5.56 Å². The Kier molecular flexibility index (Phi) is 1.70. The molecule has 2 radical (unpaired) electrons. The lowest BCUT2D eigenvalue weighted by molar-refractivity contribution is 1.22. The summed E-state index contributed by atoms with van der Waals surface area (Å²) in [5, 5.41) is 8.81. The second-order valence-electron chi connectivity index (χ2n) is 2.47. The van der Waals surface area contributed by atoms with Gasteiger partial charge in [-0.25, -0.2) is 9.97 Å². The maximum absolute atomic E-state index is 8.81. The Labute approximate surface area is 82.4 Å². The van der Waals surface area contributed by atoms with Gasteiger partial charge in [0.05, 0.1) is 5.82 Å². The molecule has 2 aromatic rings. The van der Waals surface area contributed by atoms with Crippen LogP contribution in [0.15, 0.2) is 12.4 Å². The summed E-state index contributed by atoms with van der Waals surface area (Å²) < 4.78 is 1.57. The van der Waals surface area contributed by atoms with Gasteiger partial charge in [-0.3, -0.25) is 0 Å². The average molecular weight is 185 g/mol. The van der Waals surface area contributed by atoms with Gasteiger partial charge in [-0.05, 0) is 0 Å². The smallest absolute Gasteiger partial charge is 0.323 e. The molecule has 0 spiro atoms. The third kappa shape index (κ3) is 0.988. The molecule has 0 aliphatic rings. The fraction of sp³-hybridized carbons (Fsp3) is 0. The minimum atomic E-state index is 0.369. The molecule has 2 N–H and O–H groups in total. The largest absolute Gasteiger partial charge is 0.423 e. The number of hydrogen-bond acceptors (Lipinski definition) is 4. The normalized spacial score (nSPS) is 10.1. The molecule has 0 aliphatic carbocycles. The standard InChI is InChI=1S/C7H4N5.Al/c8-3-4-5-7(12-6(4)9)11-2-1-10-5;/h1-2H,9H2;/q-1;+1. The molecular formula is C7H4AlN5. The number of nitrogen functional groups attached to an aromatic ring is 1. The summed E-state index contributed by atoms with van der Waals surface area (Å²) in [5.41, 5.74) is 7.18. The molecule has 2 aromatic heterocycles. The highest BCUT2D eigenvalue weighted by Crippen LogP contribution is 2.21. The number of anilines is 1. The van der Waals surface area contributed by atoms with Gasteiger partial charge in [0.25, 0.3) is 0 Å². The van der Waals surface area contributed by atoms with Gasteiger partial charge in [0.1, 0.15) is 22.8 Å². The van der Waals surface area contributed by atoms with E-state index >= 15 is 0 Å². The van der Waals surface area contributed by atoms with Crippen LogP contribution in [0.4, 0.5) is 5.82 Å². The number of rotatable bonds is 0. The summed E-state index contributed by atoms with van der Waals surface area (Å²) in [6.07, 6.45) is 3.09. The van der Waals surface area contributed by atoms with Crippen LogP contribution in [-0.4, -0.2) is 30.0 Å². The Hall–Kier alpha value is -1.56. The molecular weight excluding hydrogens is 181 g/mol. The zero-order chi connectivity index (χ0) is 9.42. The predicted molar refractivity (Wildman–Crippen MR) is 47.8 cm³/mol. The Balaban J connectivity index is 3.00. The number of nitrogens with two attached hydrogens (primary N) is 1. The first-order chi connectivity index (χ1) is 6.25. The SMILES string of the molecule is N#Cc1c(N)[n]([Al])c2nccnc12. The van der Waals surface area contributed by atoms with Crippen LogP contribution < -0.4 is 5.73 Å². The molecule has 0 aromatic carbocycles. The Bertz CT molecular complexity index is 509. The first kappa shape index (κ1) is 8.06. The monoisotopic (exact) mass is 185 g/mol. The van der Waals surface area contributed by atoms with Crippen molar-refractivity contribution in [1.29, 1.82) is 5.26 Å². The van der Waals surface area contributed by atoms with Crippen molar-refractivity contribution >= 4 is 33.5 Å². The van der Waals surface area contributed by atoms with E-state index in [-0.39, 0.29) is 0 Å². The van der Waals surface area contributed by atoms with Crippen molar-refractivity contribution in [2.75, 3.05) is 5.73 Å². The molecule has 0 unspecified atom stereocenters. The lowest BCUT2D eigenvalue weighted by atomic mass is 10.3. The highest BCUT2D eigenvalue weighted by atomic mass is 27.1. The predicted octanol–water partition coefficient (Wildman–Crippen LogP) is -0.183. The lowest BCUT2D eigenvalue weighted by Crippen LogP contribution is -1.99. The summed E-state index contributed by atoms with van der Waals surface area (Å²) in [5.74, 6) is 0.369. The second kappa shape index (κ2) is 2.74. The van der Waals surface area contributed by atoms with Crippen LogP contribution in [0.2, 0.25) is 0 Å². The van der Waals surface area contributed by atoms with E-state index in [0.717, 1.165) is 0 Å². The van der Waals surface area contributed by atoms with E-state index in [1.54, 1.807) is 9.75 Å². The quantitative estimate of drug-likeness (QED) is 0.577. The van der Waals surface area contributed by atoms with Crippen LogP contribution in [0.3, 0.4) is 0 Å². The first-order valence-electron chi connectivity index (χ1n) is 3.51. The van der Waals surface area contributed by atoms with Gasteiger partial charge in [0, 0.05) is 12.4 Å². The number of aromatic nitrogens is 3. The van der Waals surface area contributed by atoms with Gasteiger partial charge in [-0.15, -0.1) is 0 Å². The zero-order valence-electron chi connectivity index (χ0n) is 6.60. The van der Waals surface area contributed by atoms with E-state index in [1.807, 2.05) is 6.07 Å². The minimum absolute atomic E-state index is 0.369.